The lowest BCUT2D eigenvalue weighted by atomic mass is 9.92. The van der Waals surface area contributed by atoms with E-state index < -0.39 is 0 Å². The summed E-state index contributed by atoms with van der Waals surface area (Å²) in [7, 11) is 0. The Morgan fingerprint density at radius 1 is 1.08 bits per heavy atom. The van der Waals surface area contributed by atoms with Crippen molar-refractivity contribution in [2.24, 2.45) is 0 Å². The molecule has 7 heteroatoms. The van der Waals surface area contributed by atoms with E-state index in [1.165, 1.54) is 0 Å². The minimum atomic E-state index is -0.295. The lowest BCUT2D eigenvalue weighted by Crippen LogP contribution is -2.34. The van der Waals surface area contributed by atoms with Gasteiger partial charge in [-0.3, -0.25) is 9.36 Å². The van der Waals surface area contributed by atoms with E-state index in [1.807, 2.05) is 64.5 Å². The zero-order valence-corrected chi connectivity index (χ0v) is 20.8. The van der Waals surface area contributed by atoms with Crippen LogP contribution in [-0.2, 0) is 12.8 Å². The molecule has 4 aromatic rings. The molecule has 1 aliphatic rings. The summed E-state index contributed by atoms with van der Waals surface area (Å²) >= 11 is 0. The molecule has 2 heterocycles. The first-order valence-corrected chi connectivity index (χ1v) is 12.8. The van der Waals surface area contributed by atoms with Gasteiger partial charge in [-0.15, -0.1) is 0 Å². The molecule has 5 rings (SSSR count). The Morgan fingerprint density at radius 3 is 2.50 bits per heavy atom. The van der Waals surface area contributed by atoms with E-state index in [4.69, 9.17) is 0 Å². The Labute approximate surface area is 210 Å². The van der Waals surface area contributed by atoms with Crippen molar-refractivity contribution in [3.8, 4) is 17.2 Å². The number of rotatable bonds is 6. The van der Waals surface area contributed by atoms with Crippen LogP contribution in [0.25, 0.3) is 16.9 Å². The van der Waals surface area contributed by atoms with Crippen molar-refractivity contribution in [3.05, 3.63) is 87.1 Å². The van der Waals surface area contributed by atoms with Crippen LogP contribution in [0.5, 0.6) is 0 Å². The van der Waals surface area contributed by atoms with Crippen LogP contribution >= 0.6 is 0 Å². The highest BCUT2D eigenvalue weighted by atomic mass is 16.3. The third-order valence-corrected chi connectivity index (χ3v) is 7.20. The Balaban J connectivity index is 1.58. The monoisotopic (exact) mass is 481 g/mol. The number of nitriles is 1. The summed E-state index contributed by atoms with van der Waals surface area (Å²) in [6.07, 6.45) is 4.72. The average molecular weight is 482 g/mol. The van der Waals surface area contributed by atoms with E-state index in [-0.39, 0.29) is 17.7 Å². The predicted molar refractivity (Wildman–Crippen MR) is 139 cm³/mol. The van der Waals surface area contributed by atoms with Crippen molar-refractivity contribution in [3.63, 3.8) is 0 Å². The molecule has 1 saturated carbocycles. The largest absolute Gasteiger partial charge is 0.393 e. The highest BCUT2D eigenvalue weighted by molar-refractivity contribution is 5.70. The molecule has 0 aliphatic heterocycles. The number of aliphatic hydroxyl groups excluding tert-OH is 1. The van der Waals surface area contributed by atoms with Gasteiger partial charge in [0.25, 0.3) is 5.56 Å². The van der Waals surface area contributed by atoms with Gasteiger partial charge >= 0.3 is 0 Å². The number of benzene rings is 2. The fourth-order valence-corrected chi connectivity index (χ4v) is 5.38. The summed E-state index contributed by atoms with van der Waals surface area (Å²) in [5, 5.41) is 24.2. The molecule has 1 aliphatic carbocycles. The van der Waals surface area contributed by atoms with E-state index in [0.29, 0.717) is 36.4 Å². The number of aromatic nitrogens is 4. The molecule has 7 nitrogen and oxygen atoms in total. The van der Waals surface area contributed by atoms with Crippen LogP contribution in [0.1, 0.15) is 73.3 Å². The van der Waals surface area contributed by atoms with Crippen LogP contribution < -0.4 is 5.56 Å². The molecule has 184 valence electrons. The zero-order valence-electron chi connectivity index (χ0n) is 20.8. The fourth-order valence-electron chi connectivity index (χ4n) is 5.38. The smallest absolute Gasteiger partial charge is 0.259 e. The number of hydrogen-bond acceptors (Lipinski definition) is 5. The molecule has 0 radical (unpaired) electrons. The van der Waals surface area contributed by atoms with Gasteiger partial charge in [0, 0.05) is 18.0 Å². The molecule has 0 bridgehead atoms. The Morgan fingerprint density at radius 2 is 1.81 bits per heavy atom. The van der Waals surface area contributed by atoms with Gasteiger partial charge in [0.15, 0.2) is 0 Å². The van der Waals surface area contributed by atoms with Gasteiger partial charge in [-0.05, 0) is 61.8 Å². The summed E-state index contributed by atoms with van der Waals surface area (Å²) in [6.45, 7) is 3.97. The molecule has 1 fully saturated rings. The van der Waals surface area contributed by atoms with Gasteiger partial charge in [0.1, 0.15) is 5.82 Å². The molecule has 0 unspecified atom stereocenters. The SMILES string of the molecule is CCCc1c(Cc2ccc(-c3ccccc3C#N)cc2)c(=O)n(C2CCC(O)CC2)c2nc(C)nn12. The van der Waals surface area contributed by atoms with Crippen molar-refractivity contribution >= 4 is 5.78 Å². The lowest BCUT2D eigenvalue weighted by Gasteiger charge is -2.28. The minimum Gasteiger partial charge on any atom is -0.393 e. The number of hydrogen-bond donors (Lipinski definition) is 1. The Bertz CT molecular complexity index is 1490. The summed E-state index contributed by atoms with van der Waals surface area (Å²) in [6, 6.07) is 18.0. The molecule has 1 N–H and O–H groups in total. The van der Waals surface area contributed by atoms with E-state index in [9.17, 15) is 15.2 Å². The highest BCUT2D eigenvalue weighted by Gasteiger charge is 2.27. The number of nitrogens with zero attached hydrogens (tertiary/aromatic N) is 5. The maximum Gasteiger partial charge on any atom is 0.259 e. The summed E-state index contributed by atoms with van der Waals surface area (Å²) in [5.74, 6) is 1.25. The van der Waals surface area contributed by atoms with Crippen molar-refractivity contribution in [2.45, 2.75) is 70.9 Å². The van der Waals surface area contributed by atoms with Gasteiger partial charge < -0.3 is 5.11 Å². The van der Waals surface area contributed by atoms with E-state index in [1.54, 1.807) is 0 Å². The van der Waals surface area contributed by atoms with Gasteiger partial charge in [0.05, 0.1) is 23.4 Å². The first-order chi connectivity index (χ1) is 17.5. The second-order valence-corrected chi connectivity index (χ2v) is 9.71. The van der Waals surface area contributed by atoms with Crippen molar-refractivity contribution < 1.29 is 5.11 Å². The number of aliphatic hydroxyl groups is 1. The summed E-state index contributed by atoms with van der Waals surface area (Å²) in [5.41, 5.74) is 5.23. The fraction of sp³-hybridized carbons (Fsp3) is 0.379. The molecular formula is C29H31N5O2. The van der Waals surface area contributed by atoms with Gasteiger partial charge in [-0.25, -0.2) is 4.52 Å². The molecule has 36 heavy (non-hydrogen) atoms. The minimum absolute atomic E-state index is 0.00126. The molecule has 0 saturated heterocycles. The van der Waals surface area contributed by atoms with Crippen LogP contribution in [0.2, 0.25) is 0 Å². The molecule has 0 spiro atoms. The van der Waals surface area contributed by atoms with Crippen LogP contribution in [-0.4, -0.2) is 30.4 Å². The molecule has 2 aromatic heterocycles. The van der Waals surface area contributed by atoms with Crippen LogP contribution in [0.15, 0.2) is 53.3 Å². The van der Waals surface area contributed by atoms with Gasteiger partial charge in [-0.1, -0.05) is 55.8 Å². The quantitative estimate of drug-likeness (QED) is 0.428. The first kappa shape index (κ1) is 24.0. The Hall–Kier alpha value is -3.76. The maximum absolute atomic E-state index is 14.0. The lowest BCUT2D eigenvalue weighted by molar-refractivity contribution is 0.110. The van der Waals surface area contributed by atoms with Gasteiger partial charge in [0.2, 0.25) is 5.78 Å². The van der Waals surface area contributed by atoms with E-state index >= 15 is 0 Å². The second-order valence-electron chi connectivity index (χ2n) is 9.71. The average Bonchev–Trinajstić information content (AvgIpc) is 3.28. The molecule has 0 atom stereocenters. The third-order valence-electron chi connectivity index (χ3n) is 7.20. The van der Waals surface area contributed by atoms with Crippen LogP contribution in [0.4, 0.5) is 0 Å². The second kappa shape index (κ2) is 10.1. The first-order valence-electron chi connectivity index (χ1n) is 12.8. The number of aryl methyl sites for hydroxylation is 2. The Kier molecular flexibility index (Phi) is 6.71. The highest BCUT2D eigenvalue weighted by Crippen LogP contribution is 2.30. The summed E-state index contributed by atoms with van der Waals surface area (Å²) in [4.78, 5) is 18.7. The van der Waals surface area contributed by atoms with E-state index in [0.717, 1.165) is 53.6 Å². The third kappa shape index (κ3) is 4.45. The van der Waals surface area contributed by atoms with Crippen molar-refractivity contribution in [2.75, 3.05) is 0 Å². The van der Waals surface area contributed by atoms with Crippen LogP contribution in [0, 0.1) is 18.3 Å². The van der Waals surface area contributed by atoms with Crippen LogP contribution in [0.3, 0.4) is 0 Å². The van der Waals surface area contributed by atoms with Crippen molar-refractivity contribution in [1.82, 2.24) is 19.2 Å². The summed E-state index contributed by atoms with van der Waals surface area (Å²) < 4.78 is 3.70. The number of fused-ring (bicyclic) bond motifs is 1. The van der Waals surface area contributed by atoms with Crippen molar-refractivity contribution in [1.29, 1.82) is 5.26 Å². The molecular weight excluding hydrogens is 450 g/mol. The zero-order chi connectivity index (χ0) is 25.2. The predicted octanol–water partition coefficient (Wildman–Crippen LogP) is 4.76. The van der Waals surface area contributed by atoms with Gasteiger partial charge in [-0.2, -0.15) is 15.3 Å². The molecule has 2 aromatic carbocycles. The normalized spacial score (nSPS) is 17.8. The topological polar surface area (TPSA) is 96.2 Å². The maximum atomic E-state index is 14.0. The molecule has 0 amide bonds. The standard InChI is InChI=1S/C29H31N5O2/c1-3-6-27-26(17-20-9-11-21(12-10-20)25-8-5-4-7-22(25)18-30)28(36)33(23-13-15-24(35)16-14-23)29-31-19(2)32-34(27)29/h4-5,7-12,23-24,35H,3,6,13-17H2,1-2H3. The van der Waals surface area contributed by atoms with E-state index in [2.05, 4.69) is 23.1 Å².